The maximum atomic E-state index is 4.83. The number of fused-ring (bicyclic) bond motifs is 1. The van der Waals surface area contributed by atoms with Gasteiger partial charge in [-0.1, -0.05) is 32.9 Å². The molecule has 1 aromatic carbocycles. The van der Waals surface area contributed by atoms with Crippen molar-refractivity contribution in [2.45, 2.75) is 58.4 Å². The van der Waals surface area contributed by atoms with E-state index in [-0.39, 0.29) is 5.41 Å². The molecule has 1 atom stereocenters. The van der Waals surface area contributed by atoms with Gasteiger partial charge in [0.15, 0.2) is 0 Å². The molecule has 0 bridgehead atoms. The maximum absolute atomic E-state index is 4.83. The lowest BCUT2D eigenvalue weighted by atomic mass is 9.91. The first-order valence-electron chi connectivity index (χ1n) is 8.58. The third kappa shape index (κ3) is 3.33. The van der Waals surface area contributed by atoms with Crippen LogP contribution in [0.25, 0.3) is 10.9 Å². The summed E-state index contributed by atoms with van der Waals surface area (Å²) in [6, 6.07) is 11.9. The quantitative estimate of drug-likeness (QED) is 0.825. The van der Waals surface area contributed by atoms with Gasteiger partial charge in [0.2, 0.25) is 0 Å². The number of nitrogens with zero attached hydrogens (tertiary/aromatic N) is 2. The molecule has 2 heterocycles. The SMILES string of the molecule is C[C@@H]1CCCN1CCc1ccc2nc(C(C)(C)C)ccc2c1. The van der Waals surface area contributed by atoms with E-state index in [0.717, 1.165) is 18.0 Å². The Labute approximate surface area is 134 Å². The Morgan fingerprint density at radius 1 is 1.18 bits per heavy atom. The van der Waals surface area contributed by atoms with Crippen molar-refractivity contribution < 1.29 is 0 Å². The molecule has 1 aromatic heterocycles. The van der Waals surface area contributed by atoms with Gasteiger partial charge in [-0.05, 0) is 56.5 Å². The van der Waals surface area contributed by atoms with Gasteiger partial charge in [-0.2, -0.15) is 0 Å². The second kappa shape index (κ2) is 6.00. The summed E-state index contributed by atoms with van der Waals surface area (Å²) in [6.45, 7) is 11.4. The van der Waals surface area contributed by atoms with Crippen molar-refractivity contribution in [2.24, 2.45) is 0 Å². The van der Waals surface area contributed by atoms with Crippen LogP contribution >= 0.6 is 0 Å². The lowest BCUT2D eigenvalue weighted by Gasteiger charge is -2.21. The molecule has 1 fully saturated rings. The summed E-state index contributed by atoms with van der Waals surface area (Å²) >= 11 is 0. The Bertz CT molecular complexity index is 654. The lowest BCUT2D eigenvalue weighted by Crippen LogP contribution is -2.28. The highest BCUT2D eigenvalue weighted by molar-refractivity contribution is 5.79. The molecule has 0 aliphatic carbocycles. The van der Waals surface area contributed by atoms with Gasteiger partial charge in [0.05, 0.1) is 5.52 Å². The predicted octanol–water partition coefficient (Wildman–Crippen LogP) is 4.56. The first-order valence-corrected chi connectivity index (χ1v) is 8.58. The molecule has 1 aliphatic rings. The topological polar surface area (TPSA) is 16.1 Å². The van der Waals surface area contributed by atoms with Gasteiger partial charge in [0, 0.05) is 29.1 Å². The number of pyridine rings is 1. The predicted molar refractivity (Wildman–Crippen MR) is 94.4 cm³/mol. The molecule has 0 spiro atoms. The minimum atomic E-state index is 0.110. The van der Waals surface area contributed by atoms with Crippen LogP contribution in [0.1, 0.15) is 51.8 Å². The Kier molecular flexibility index (Phi) is 4.22. The van der Waals surface area contributed by atoms with Crippen LogP contribution in [0, 0.1) is 0 Å². The van der Waals surface area contributed by atoms with Gasteiger partial charge in [-0.15, -0.1) is 0 Å². The monoisotopic (exact) mass is 296 g/mol. The number of hydrogen-bond donors (Lipinski definition) is 0. The summed E-state index contributed by atoms with van der Waals surface area (Å²) in [5, 5.41) is 1.26. The fourth-order valence-electron chi connectivity index (χ4n) is 3.35. The van der Waals surface area contributed by atoms with Crippen molar-refractivity contribution in [1.29, 1.82) is 0 Å². The van der Waals surface area contributed by atoms with E-state index in [0.29, 0.717) is 0 Å². The highest BCUT2D eigenvalue weighted by atomic mass is 15.2. The smallest absolute Gasteiger partial charge is 0.0705 e. The summed E-state index contributed by atoms with van der Waals surface area (Å²) in [6.07, 6.45) is 3.86. The molecule has 0 amide bonds. The molecular formula is C20H28N2. The Hall–Kier alpha value is -1.41. The number of hydrogen-bond acceptors (Lipinski definition) is 2. The number of likely N-dealkylation sites (tertiary alicyclic amines) is 1. The van der Waals surface area contributed by atoms with Crippen LogP contribution in [-0.4, -0.2) is 29.0 Å². The first kappa shape index (κ1) is 15.5. The van der Waals surface area contributed by atoms with E-state index < -0.39 is 0 Å². The molecule has 118 valence electrons. The summed E-state index contributed by atoms with van der Waals surface area (Å²) in [5.41, 5.74) is 3.82. The van der Waals surface area contributed by atoms with Crippen molar-refractivity contribution in [3.63, 3.8) is 0 Å². The Balaban J connectivity index is 1.75. The molecule has 0 radical (unpaired) electrons. The van der Waals surface area contributed by atoms with Crippen LogP contribution in [0.5, 0.6) is 0 Å². The second-order valence-corrected chi connectivity index (χ2v) is 7.75. The normalized spacial score (nSPS) is 19.9. The summed E-state index contributed by atoms with van der Waals surface area (Å²) in [4.78, 5) is 7.44. The van der Waals surface area contributed by atoms with Gasteiger partial charge >= 0.3 is 0 Å². The zero-order valence-electron chi connectivity index (χ0n) is 14.4. The molecule has 3 rings (SSSR count). The standard InChI is InChI=1S/C20H28N2/c1-15-6-5-12-22(15)13-11-16-7-9-18-17(14-16)8-10-19(21-18)20(2,3)4/h7-10,14-15H,5-6,11-13H2,1-4H3/t15-/m1/s1. The zero-order chi connectivity index (χ0) is 15.7. The molecule has 0 unspecified atom stereocenters. The molecule has 0 saturated carbocycles. The average molecular weight is 296 g/mol. The van der Waals surface area contributed by atoms with Crippen molar-refractivity contribution in [3.05, 3.63) is 41.6 Å². The van der Waals surface area contributed by atoms with Gasteiger partial charge in [-0.3, -0.25) is 4.98 Å². The van der Waals surface area contributed by atoms with Crippen LogP contribution in [0.4, 0.5) is 0 Å². The van der Waals surface area contributed by atoms with Crippen LogP contribution in [0.15, 0.2) is 30.3 Å². The fraction of sp³-hybridized carbons (Fsp3) is 0.550. The highest BCUT2D eigenvalue weighted by Crippen LogP contribution is 2.24. The summed E-state index contributed by atoms with van der Waals surface area (Å²) in [7, 11) is 0. The van der Waals surface area contributed by atoms with Crippen LogP contribution < -0.4 is 0 Å². The molecule has 1 saturated heterocycles. The molecule has 2 aromatic rings. The lowest BCUT2D eigenvalue weighted by molar-refractivity contribution is 0.272. The third-order valence-corrected chi connectivity index (χ3v) is 4.90. The van der Waals surface area contributed by atoms with Crippen molar-refractivity contribution in [2.75, 3.05) is 13.1 Å². The Morgan fingerprint density at radius 2 is 2.00 bits per heavy atom. The van der Waals surface area contributed by atoms with Crippen molar-refractivity contribution in [1.82, 2.24) is 9.88 Å². The van der Waals surface area contributed by atoms with E-state index in [4.69, 9.17) is 4.98 Å². The van der Waals surface area contributed by atoms with E-state index in [9.17, 15) is 0 Å². The van der Waals surface area contributed by atoms with Crippen molar-refractivity contribution >= 4 is 10.9 Å². The molecule has 2 nitrogen and oxygen atoms in total. The Morgan fingerprint density at radius 3 is 2.68 bits per heavy atom. The molecular weight excluding hydrogens is 268 g/mol. The molecule has 22 heavy (non-hydrogen) atoms. The largest absolute Gasteiger partial charge is 0.300 e. The van der Waals surface area contributed by atoms with E-state index in [2.05, 4.69) is 62.9 Å². The summed E-state index contributed by atoms with van der Waals surface area (Å²) in [5.74, 6) is 0. The van der Waals surface area contributed by atoms with Gasteiger partial charge in [0.25, 0.3) is 0 Å². The van der Waals surface area contributed by atoms with E-state index in [1.807, 2.05) is 0 Å². The number of benzene rings is 1. The highest BCUT2D eigenvalue weighted by Gasteiger charge is 2.19. The second-order valence-electron chi connectivity index (χ2n) is 7.75. The minimum absolute atomic E-state index is 0.110. The first-order chi connectivity index (χ1) is 10.4. The van der Waals surface area contributed by atoms with Crippen LogP contribution in [-0.2, 0) is 11.8 Å². The van der Waals surface area contributed by atoms with Gasteiger partial charge in [0.1, 0.15) is 0 Å². The van der Waals surface area contributed by atoms with Crippen LogP contribution in [0.3, 0.4) is 0 Å². The maximum Gasteiger partial charge on any atom is 0.0705 e. The molecule has 1 aliphatic heterocycles. The zero-order valence-corrected chi connectivity index (χ0v) is 14.4. The fourth-order valence-corrected chi connectivity index (χ4v) is 3.35. The molecule has 0 N–H and O–H groups in total. The average Bonchev–Trinajstić information content (AvgIpc) is 2.88. The van der Waals surface area contributed by atoms with Crippen molar-refractivity contribution in [3.8, 4) is 0 Å². The van der Waals surface area contributed by atoms with E-state index in [1.165, 1.54) is 42.6 Å². The summed E-state index contributed by atoms with van der Waals surface area (Å²) < 4.78 is 0. The van der Waals surface area contributed by atoms with E-state index in [1.54, 1.807) is 0 Å². The third-order valence-electron chi connectivity index (χ3n) is 4.90. The number of aromatic nitrogens is 1. The molecule has 2 heteroatoms. The van der Waals surface area contributed by atoms with Crippen LogP contribution in [0.2, 0.25) is 0 Å². The van der Waals surface area contributed by atoms with Gasteiger partial charge in [-0.25, -0.2) is 0 Å². The van der Waals surface area contributed by atoms with Gasteiger partial charge < -0.3 is 4.90 Å². The van der Waals surface area contributed by atoms with E-state index >= 15 is 0 Å². The number of rotatable bonds is 3. The minimum Gasteiger partial charge on any atom is -0.300 e.